The molecule has 1 amide bonds. The molecule has 3 aromatic rings. The van der Waals surface area contributed by atoms with E-state index in [9.17, 15) is 13.6 Å². The highest BCUT2D eigenvalue weighted by atomic mass is 32.1. The van der Waals surface area contributed by atoms with Crippen molar-refractivity contribution >= 4 is 17.2 Å². The van der Waals surface area contributed by atoms with Crippen LogP contribution in [0.1, 0.15) is 30.8 Å². The number of nitrogens with zero attached hydrogens (tertiary/aromatic N) is 3. The molecule has 0 N–H and O–H groups in total. The topological polar surface area (TPSA) is 38.1 Å². The lowest BCUT2D eigenvalue weighted by Gasteiger charge is -2.48. The maximum atomic E-state index is 14.3. The molecule has 26 heavy (non-hydrogen) atoms. The molecule has 3 heterocycles. The molecule has 0 bridgehead atoms. The van der Waals surface area contributed by atoms with Crippen molar-refractivity contribution in [3.8, 4) is 16.3 Å². The summed E-state index contributed by atoms with van der Waals surface area (Å²) >= 11 is 1.46. The molecule has 2 aromatic heterocycles. The molecule has 0 unspecified atom stereocenters. The number of hydrogen-bond donors (Lipinski definition) is 0. The lowest BCUT2D eigenvalue weighted by atomic mass is 9.88. The number of carbonyl (C=O) groups is 1. The van der Waals surface area contributed by atoms with Crippen molar-refractivity contribution in [2.75, 3.05) is 6.54 Å². The van der Waals surface area contributed by atoms with Gasteiger partial charge < -0.3 is 4.90 Å². The second-order valence-corrected chi connectivity index (χ2v) is 7.87. The molecule has 0 atom stereocenters. The molecule has 4 rings (SSSR count). The zero-order valence-electron chi connectivity index (χ0n) is 14.4. The number of likely N-dealkylation sites (tertiary alicyclic amines) is 1. The Kier molecular flexibility index (Phi) is 3.91. The average Bonchev–Trinajstić information content (AvgIpc) is 3.23. The molecule has 1 aliphatic rings. The SMILES string of the molecule is CC1(C)CCN1C(=O)c1cc(-c2cccs2)n(-c2ccc(F)cc2F)n1. The summed E-state index contributed by atoms with van der Waals surface area (Å²) in [5.41, 5.74) is 0.763. The molecular weight excluding hydrogens is 356 g/mol. The van der Waals surface area contributed by atoms with Gasteiger partial charge in [0.25, 0.3) is 5.91 Å². The molecule has 134 valence electrons. The molecule has 1 saturated heterocycles. The second kappa shape index (κ2) is 6.02. The van der Waals surface area contributed by atoms with E-state index in [1.807, 2.05) is 31.4 Å². The Morgan fingerprint density at radius 1 is 1.23 bits per heavy atom. The van der Waals surface area contributed by atoms with Crippen molar-refractivity contribution in [1.29, 1.82) is 0 Å². The summed E-state index contributed by atoms with van der Waals surface area (Å²) in [7, 11) is 0. The van der Waals surface area contributed by atoms with E-state index in [1.165, 1.54) is 28.2 Å². The zero-order chi connectivity index (χ0) is 18.5. The summed E-state index contributed by atoms with van der Waals surface area (Å²) in [4.78, 5) is 15.5. The highest BCUT2D eigenvalue weighted by molar-refractivity contribution is 7.13. The van der Waals surface area contributed by atoms with E-state index in [-0.39, 0.29) is 22.8 Å². The highest BCUT2D eigenvalue weighted by Gasteiger charge is 2.40. The summed E-state index contributed by atoms with van der Waals surface area (Å²) in [5, 5.41) is 6.26. The van der Waals surface area contributed by atoms with Gasteiger partial charge in [0.1, 0.15) is 11.5 Å². The number of hydrogen-bond acceptors (Lipinski definition) is 3. The van der Waals surface area contributed by atoms with E-state index in [0.717, 1.165) is 17.4 Å². The van der Waals surface area contributed by atoms with Gasteiger partial charge in [0.15, 0.2) is 11.5 Å². The number of carbonyl (C=O) groups excluding carboxylic acids is 1. The van der Waals surface area contributed by atoms with Gasteiger partial charge in [-0.3, -0.25) is 4.79 Å². The monoisotopic (exact) mass is 373 g/mol. The van der Waals surface area contributed by atoms with Crippen LogP contribution in [0.3, 0.4) is 0 Å². The summed E-state index contributed by atoms with van der Waals surface area (Å²) < 4.78 is 29.0. The van der Waals surface area contributed by atoms with E-state index in [2.05, 4.69) is 5.10 Å². The third-order valence-corrected chi connectivity index (χ3v) is 5.66. The van der Waals surface area contributed by atoms with Gasteiger partial charge in [-0.2, -0.15) is 5.10 Å². The molecule has 0 radical (unpaired) electrons. The number of halogens is 2. The molecule has 1 aromatic carbocycles. The summed E-state index contributed by atoms with van der Waals surface area (Å²) in [6.07, 6.45) is 0.934. The maximum Gasteiger partial charge on any atom is 0.274 e. The van der Waals surface area contributed by atoms with Crippen molar-refractivity contribution < 1.29 is 13.6 Å². The first kappa shape index (κ1) is 16.9. The third kappa shape index (κ3) is 2.72. The van der Waals surface area contributed by atoms with Crippen LogP contribution in [0.15, 0.2) is 41.8 Å². The molecule has 1 fully saturated rings. The fourth-order valence-corrected chi connectivity index (χ4v) is 3.83. The fraction of sp³-hybridized carbons (Fsp3) is 0.263. The van der Waals surface area contributed by atoms with E-state index in [4.69, 9.17) is 0 Å². The van der Waals surface area contributed by atoms with Crippen molar-refractivity contribution in [3.63, 3.8) is 0 Å². The van der Waals surface area contributed by atoms with Gasteiger partial charge in [-0.1, -0.05) is 6.07 Å². The predicted octanol–water partition coefficient (Wildman–Crippen LogP) is 4.50. The Morgan fingerprint density at radius 2 is 2.04 bits per heavy atom. The van der Waals surface area contributed by atoms with Crippen LogP contribution < -0.4 is 0 Å². The standard InChI is InChI=1S/C19H17F2N3OS/c1-19(2)7-8-23(19)18(25)14-11-16(17-4-3-9-26-17)24(22-14)15-6-5-12(20)10-13(15)21/h3-6,9-11H,7-8H2,1-2H3. The normalized spacial score (nSPS) is 15.8. The number of thiophene rings is 1. The summed E-state index contributed by atoms with van der Waals surface area (Å²) in [5.74, 6) is -1.57. The van der Waals surface area contributed by atoms with Gasteiger partial charge in [0, 0.05) is 18.2 Å². The molecule has 4 nitrogen and oxygen atoms in total. The molecule has 0 saturated carbocycles. The zero-order valence-corrected chi connectivity index (χ0v) is 15.2. The van der Waals surface area contributed by atoms with Crippen LogP contribution in [0.4, 0.5) is 8.78 Å². The van der Waals surface area contributed by atoms with E-state index < -0.39 is 11.6 Å². The average molecular weight is 373 g/mol. The predicted molar refractivity (Wildman–Crippen MR) is 96.5 cm³/mol. The summed E-state index contributed by atoms with van der Waals surface area (Å²) in [6.45, 7) is 4.69. The van der Waals surface area contributed by atoms with E-state index in [1.54, 1.807) is 11.0 Å². The number of amides is 1. The second-order valence-electron chi connectivity index (χ2n) is 6.92. The molecule has 0 aliphatic carbocycles. The minimum atomic E-state index is -0.728. The van der Waals surface area contributed by atoms with Crippen molar-refractivity contribution in [3.05, 3.63) is 59.1 Å². The number of rotatable bonds is 3. The third-order valence-electron chi connectivity index (χ3n) is 4.76. The van der Waals surface area contributed by atoms with Gasteiger partial charge in [0.2, 0.25) is 0 Å². The highest BCUT2D eigenvalue weighted by Crippen LogP contribution is 2.33. The molecule has 1 aliphatic heterocycles. The minimum Gasteiger partial charge on any atom is -0.332 e. The molecular formula is C19H17F2N3OS. The minimum absolute atomic E-state index is 0.108. The molecule has 7 heteroatoms. The molecule has 0 spiro atoms. The first-order chi connectivity index (χ1) is 12.4. The quantitative estimate of drug-likeness (QED) is 0.678. The Morgan fingerprint density at radius 3 is 2.62 bits per heavy atom. The maximum absolute atomic E-state index is 14.3. The van der Waals surface area contributed by atoms with Gasteiger partial charge in [-0.15, -0.1) is 11.3 Å². The summed E-state index contributed by atoms with van der Waals surface area (Å²) in [6, 6.07) is 8.75. The van der Waals surface area contributed by atoms with Crippen LogP contribution in [-0.4, -0.2) is 32.7 Å². The Balaban J connectivity index is 1.82. The number of aromatic nitrogens is 2. The lowest BCUT2D eigenvalue weighted by molar-refractivity contribution is 0.0151. The smallest absolute Gasteiger partial charge is 0.274 e. The van der Waals surface area contributed by atoms with E-state index in [0.29, 0.717) is 12.2 Å². The van der Waals surface area contributed by atoms with Gasteiger partial charge >= 0.3 is 0 Å². The van der Waals surface area contributed by atoms with Crippen LogP contribution in [0.25, 0.3) is 16.3 Å². The number of benzene rings is 1. The largest absolute Gasteiger partial charge is 0.332 e. The van der Waals surface area contributed by atoms with Crippen molar-refractivity contribution in [2.45, 2.75) is 25.8 Å². The first-order valence-electron chi connectivity index (χ1n) is 8.28. The fourth-order valence-electron chi connectivity index (χ4n) is 3.11. The van der Waals surface area contributed by atoms with Crippen LogP contribution in [0.5, 0.6) is 0 Å². The van der Waals surface area contributed by atoms with E-state index >= 15 is 0 Å². The Labute approximate surface area is 153 Å². The van der Waals surface area contributed by atoms with Gasteiger partial charge in [-0.05, 0) is 49.9 Å². The first-order valence-corrected chi connectivity index (χ1v) is 9.16. The van der Waals surface area contributed by atoms with Crippen LogP contribution >= 0.6 is 11.3 Å². The van der Waals surface area contributed by atoms with Gasteiger partial charge in [0.05, 0.1) is 10.6 Å². The van der Waals surface area contributed by atoms with Crippen LogP contribution in [0, 0.1) is 11.6 Å². The van der Waals surface area contributed by atoms with Crippen molar-refractivity contribution in [1.82, 2.24) is 14.7 Å². The Bertz CT molecular complexity index is 979. The lowest BCUT2D eigenvalue weighted by Crippen LogP contribution is -2.58. The van der Waals surface area contributed by atoms with Crippen LogP contribution in [-0.2, 0) is 0 Å². The Hall–Kier alpha value is -2.54. The van der Waals surface area contributed by atoms with Gasteiger partial charge in [-0.25, -0.2) is 13.5 Å². The van der Waals surface area contributed by atoms with Crippen molar-refractivity contribution in [2.24, 2.45) is 0 Å². The van der Waals surface area contributed by atoms with Crippen LogP contribution in [0.2, 0.25) is 0 Å².